The van der Waals surface area contributed by atoms with Gasteiger partial charge in [0.15, 0.2) is 0 Å². The topological polar surface area (TPSA) is 41.5 Å². The summed E-state index contributed by atoms with van der Waals surface area (Å²) in [5.41, 5.74) is 3.55. The smallest absolute Gasteiger partial charge is 0.122 e. The standard InChI is InChI=1S/C18H23NO2/c1-14-7-9-16(10-8-14)11-19-12-17(20)13-21-18-6-4-3-5-15(18)2/h3-10,17,19-20H,11-13H2,1-2H3. The van der Waals surface area contributed by atoms with Crippen LogP contribution in [0.5, 0.6) is 5.75 Å². The van der Waals surface area contributed by atoms with Crippen LogP contribution in [0.1, 0.15) is 16.7 Å². The lowest BCUT2D eigenvalue weighted by atomic mass is 10.1. The molecule has 0 fully saturated rings. The first-order valence-electron chi connectivity index (χ1n) is 7.28. The van der Waals surface area contributed by atoms with Gasteiger partial charge in [-0.15, -0.1) is 0 Å². The van der Waals surface area contributed by atoms with Crippen molar-refractivity contribution in [2.24, 2.45) is 0 Å². The lowest BCUT2D eigenvalue weighted by molar-refractivity contribution is 0.106. The van der Waals surface area contributed by atoms with Crippen molar-refractivity contribution in [2.45, 2.75) is 26.5 Å². The van der Waals surface area contributed by atoms with E-state index in [1.807, 2.05) is 31.2 Å². The van der Waals surface area contributed by atoms with Crippen molar-refractivity contribution in [3.8, 4) is 5.75 Å². The Kier molecular flexibility index (Phi) is 5.78. The van der Waals surface area contributed by atoms with Gasteiger partial charge in [0.25, 0.3) is 0 Å². The Labute approximate surface area is 126 Å². The zero-order valence-corrected chi connectivity index (χ0v) is 12.7. The van der Waals surface area contributed by atoms with Crippen molar-refractivity contribution in [3.05, 3.63) is 65.2 Å². The molecule has 3 nitrogen and oxygen atoms in total. The molecule has 2 N–H and O–H groups in total. The van der Waals surface area contributed by atoms with E-state index >= 15 is 0 Å². The fourth-order valence-electron chi connectivity index (χ4n) is 2.05. The molecule has 0 saturated carbocycles. The Hall–Kier alpha value is -1.84. The molecule has 0 aromatic heterocycles. The van der Waals surface area contributed by atoms with Crippen LogP contribution in [0.25, 0.3) is 0 Å². The minimum Gasteiger partial charge on any atom is -0.491 e. The van der Waals surface area contributed by atoms with Gasteiger partial charge in [0.1, 0.15) is 18.5 Å². The van der Waals surface area contributed by atoms with Gasteiger partial charge in [0.2, 0.25) is 0 Å². The van der Waals surface area contributed by atoms with Crippen LogP contribution in [-0.2, 0) is 6.54 Å². The van der Waals surface area contributed by atoms with E-state index in [-0.39, 0.29) is 0 Å². The highest BCUT2D eigenvalue weighted by Crippen LogP contribution is 2.16. The predicted molar refractivity (Wildman–Crippen MR) is 85.6 cm³/mol. The first kappa shape index (κ1) is 15.5. The summed E-state index contributed by atoms with van der Waals surface area (Å²) in [6.45, 7) is 5.63. The first-order chi connectivity index (χ1) is 10.1. The lowest BCUT2D eigenvalue weighted by Crippen LogP contribution is -2.31. The second kappa shape index (κ2) is 7.81. The molecule has 1 unspecified atom stereocenters. The van der Waals surface area contributed by atoms with Crippen LogP contribution in [0.4, 0.5) is 0 Å². The molecule has 112 valence electrons. The second-order valence-corrected chi connectivity index (χ2v) is 5.35. The number of aliphatic hydroxyl groups excluding tert-OH is 1. The van der Waals surface area contributed by atoms with E-state index in [9.17, 15) is 5.11 Å². The molecule has 0 radical (unpaired) electrons. The van der Waals surface area contributed by atoms with Gasteiger partial charge >= 0.3 is 0 Å². The minimum absolute atomic E-state index is 0.297. The van der Waals surface area contributed by atoms with E-state index in [1.165, 1.54) is 11.1 Å². The van der Waals surface area contributed by atoms with E-state index in [0.29, 0.717) is 13.2 Å². The normalized spacial score (nSPS) is 12.1. The SMILES string of the molecule is Cc1ccc(CNCC(O)COc2ccccc2C)cc1. The average molecular weight is 285 g/mol. The van der Waals surface area contributed by atoms with Gasteiger partial charge in [-0.1, -0.05) is 48.0 Å². The maximum absolute atomic E-state index is 9.94. The summed E-state index contributed by atoms with van der Waals surface area (Å²) in [4.78, 5) is 0. The summed E-state index contributed by atoms with van der Waals surface area (Å²) in [5, 5.41) is 13.2. The highest BCUT2D eigenvalue weighted by atomic mass is 16.5. The minimum atomic E-state index is -0.518. The van der Waals surface area contributed by atoms with Crippen LogP contribution in [-0.4, -0.2) is 24.4 Å². The van der Waals surface area contributed by atoms with Gasteiger partial charge in [0, 0.05) is 13.1 Å². The number of benzene rings is 2. The third-order valence-electron chi connectivity index (χ3n) is 3.35. The molecular formula is C18H23NO2. The van der Waals surface area contributed by atoms with Gasteiger partial charge in [-0.2, -0.15) is 0 Å². The molecule has 0 saturated heterocycles. The van der Waals surface area contributed by atoms with Gasteiger partial charge in [0.05, 0.1) is 0 Å². The fourth-order valence-corrected chi connectivity index (χ4v) is 2.05. The molecule has 1 atom stereocenters. The quantitative estimate of drug-likeness (QED) is 0.822. The average Bonchev–Trinajstić information content (AvgIpc) is 2.48. The van der Waals surface area contributed by atoms with Crippen LogP contribution < -0.4 is 10.1 Å². The summed E-state index contributed by atoms with van der Waals surface area (Å²) in [5.74, 6) is 0.829. The summed E-state index contributed by atoms with van der Waals surface area (Å²) in [6, 6.07) is 16.2. The first-order valence-corrected chi connectivity index (χ1v) is 7.28. The molecule has 3 heteroatoms. The molecule has 0 aliphatic carbocycles. The van der Waals surface area contributed by atoms with Crippen molar-refractivity contribution < 1.29 is 9.84 Å². The van der Waals surface area contributed by atoms with Gasteiger partial charge in [-0.3, -0.25) is 0 Å². The number of rotatable bonds is 7. The van der Waals surface area contributed by atoms with E-state index in [1.54, 1.807) is 0 Å². The maximum Gasteiger partial charge on any atom is 0.122 e. The Bertz CT molecular complexity index is 551. The number of ether oxygens (including phenoxy) is 1. The number of hydrogen-bond donors (Lipinski definition) is 2. The number of nitrogens with one attached hydrogen (secondary N) is 1. The Morgan fingerprint density at radius 1 is 1.05 bits per heavy atom. The third-order valence-corrected chi connectivity index (χ3v) is 3.35. The van der Waals surface area contributed by atoms with Crippen LogP contribution in [0.15, 0.2) is 48.5 Å². The molecule has 0 amide bonds. The molecule has 2 aromatic rings. The van der Waals surface area contributed by atoms with Crippen molar-refractivity contribution in [1.29, 1.82) is 0 Å². The molecule has 2 rings (SSSR count). The molecule has 0 aliphatic rings. The van der Waals surface area contributed by atoms with Gasteiger partial charge in [-0.25, -0.2) is 0 Å². The lowest BCUT2D eigenvalue weighted by Gasteiger charge is -2.14. The van der Waals surface area contributed by atoms with Crippen molar-refractivity contribution in [1.82, 2.24) is 5.32 Å². The highest BCUT2D eigenvalue weighted by Gasteiger charge is 2.06. The Morgan fingerprint density at radius 3 is 2.48 bits per heavy atom. The Balaban J connectivity index is 1.69. The largest absolute Gasteiger partial charge is 0.491 e. The second-order valence-electron chi connectivity index (χ2n) is 5.35. The van der Waals surface area contributed by atoms with E-state index in [0.717, 1.165) is 17.9 Å². The fraction of sp³-hybridized carbons (Fsp3) is 0.333. The maximum atomic E-state index is 9.94. The predicted octanol–water partition coefficient (Wildman–Crippen LogP) is 2.83. The van der Waals surface area contributed by atoms with E-state index < -0.39 is 6.10 Å². The van der Waals surface area contributed by atoms with Crippen LogP contribution in [0.2, 0.25) is 0 Å². The summed E-state index contributed by atoms with van der Waals surface area (Å²) >= 11 is 0. The van der Waals surface area contributed by atoms with Gasteiger partial charge in [-0.05, 0) is 31.0 Å². The van der Waals surface area contributed by atoms with Crippen molar-refractivity contribution in [2.75, 3.05) is 13.2 Å². The van der Waals surface area contributed by atoms with Crippen LogP contribution in [0.3, 0.4) is 0 Å². The zero-order valence-electron chi connectivity index (χ0n) is 12.7. The molecule has 0 aliphatic heterocycles. The molecule has 0 spiro atoms. The molecule has 2 aromatic carbocycles. The van der Waals surface area contributed by atoms with Crippen LogP contribution in [0, 0.1) is 13.8 Å². The zero-order chi connectivity index (χ0) is 15.1. The molecule has 21 heavy (non-hydrogen) atoms. The van der Waals surface area contributed by atoms with E-state index in [2.05, 4.69) is 36.5 Å². The number of aliphatic hydroxyl groups is 1. The third kappa shape index (κ3) is 5.21. The molecular weight excluding hydrogens is 262 g/mol. The van der Waals surface area contributed by atoms with Crippen LogP contribution >= 0.6 is 0 Å². The highest BCUT2D eigenvalue weighted by molar-refractivity contribution is 5.31. The molecule has 0 bridgehead atoms. The van der Waals surface area contributed by atoms with E-state index in [4.69, 9.17) is 4.74 Å². The summed E-state index contributed by atoms with van der Waals surface area (Å²) < 4.78 is 5.63. The summed E-state index contributed by atoms with van der Waals surface area (Å²) in [7, 11) is 0. The number of hydrogen-bond acceptors (Lipinski definition) is 3. The monoisotopic (exact) mass is 285 g/mol. The summed E-state index contributed by atoms with van der Waals surface area (Å²) in [6.07, 6.45) is -0.518. The van der Waals surface area contributed by atoms with Gasteiger partial charge < -0.3 is 15.2 Å². The van der Waals surface area contributed by atoms with Crippen molar-refractivity contribution >= 4 is 0 Å². The van der Waals surface area contributed by atoms with Crippen molar-refractivity contribution in [3.63, 3.8) is 0 Å². The number of para-hydroxylation sites is 1. The molecule has 0 heterocycles. The Morgan fingerprint density at radius 2 is 1.76 bits per heavy atom. The number of aryl methyl sites for hydroxylation is 2.